The molecular weight excluding hydrogens is 372 g/mol. The summed E-state index contributed by atoms with van der Waals surface area (Å²) in [4.78, 5) is 6.76. The zero-order valence-corrected chi connectivity index (χ0v) is 18.0. The number of hydrogen-bond donors (Lipinski definition) is 2. The molecule has 0 saturated carbocycles. The van der Waals surface area contributed by atoms with Crippen LogP contribution in [0.3, 0.4) is 0 Å². The highest BCUT2D eigenvalue weighted by Crippen LogP contribution is 2.23. The second-order valence-electron chi connectivity index (χ2n) is 7.72. The molecule has 2 unspecified atom stereocenters. The Morgan fingerprint density at radius 1 is 1.36 bits per heavy atom. The van der Waals surface area contributed by atoms with Gasteiger partial charge in [-0.15, -0.1) is 0 Å². The van der Waals surface area contributed by atoms with Gasteiger partial charge in [-0.3, -0.25) is 9.67 Å². The van der Waals surface area contributed by atoms with E-state index >= 15 is 0 Å². The average Bonchev–Trinajstić information content (AvgIpc) is 3.25. The van der Waals surface area contributed by atoms with Crippen molar-refractivity contribution in [2.24, 2.45) is 10.9 Å². The maximum Gasteiger partial charge on any atom is 0.191 e. The lowest BCUT2D eigenvalue weighted by Crippen LogP contribution is -2.46. The minimum Gasteiger partial charge on any atom is -0.369 e. The van der Waals surface area contributed by atoms with Gasteiger partial charge >= 0.3 is 0 Å². The van der Waals surface area contributed by atoms with Crippen molar-refractivity contribution in [2.45, 2.75) is 39.8 Å². The lowest BCUT2D eigenvalue weighted by Gasteiger charge is -2.21. The summed E-state index contributed by atoms with van der Waals surface area (Å²) in [5.74, 6) is 1.31. The topological polar surface area (TPSA) is 57.5 Å². The number of aliphatic imine (C=N–C) groups is 1. The third kappa shape index (κ3) is 5.41. The third-order valence-electron chi connectivity index (χ3n) is 5.13. The normalized spacial score (nSPS) is 18.4. The zero-order valence-electron chi connectivity index (χ0n) is 17.2. The minimum atomic E-state index is 0.372. The molecule has 1 aromatic heterocycles. The van der Waals surface area contributed by atoms with E-state index in [-0.39, 0.29) is 0 Å². The van der Waals surface area contributed by atoms with Crippen molar-refractivity contribution in [1.29, 1.82) is 0 Å². The molecule has 152 valence electrons. The first-order valence-electron chi connectivity index (χ1n) is 9.93. The van der Waals surface area contributed by atoms with Gasteiger partial charge in [0.2, 0.25) is 0 Å². The quantitative estimate of drug-likeness (QED) is 0.575. The van der Waals surface area contributed by atoms with Crippen molar-refractivity contribution in [2.75, 3.05) is 31.6 Å². The fourth-order valence-electron chi connectivity index (χ4n) is 3.66. The monoisotopic (exact) mass is 402 g/mol. The molecule has 0 aliphatic carbocycles. The van der Waals surface area contributed by atoms with Gasteiger partial charge < -0.3 is 15.5 Å². The molecule has 3 rings (SSSR count). The number of rotatable bonds is 6. The molecule has 0 spiro atoms. The van der Waals surface area contributed by atoms with E-state index in [1.165, 1.54) is 11.4 Å². The van der Waals surface area contributed by atoms with Crippen LogP contribution in [0.5, 0.6) is 0 Å². The van der Waals surface area contributed by atoms with Crippen molar-refractivity contribution in [3.63, 3.8) is 0 Å². The molecule has 28 heavy (non-hydrogen) atoms. The van der Waals surface area contributed by atoms with Crippen molar-refractivity contribution in [1.82, 2.24) is 20.4 Å². The summed E-state index contributed by atoms with van der Waals surface area (Å²) in [6.45, 7) is 10.1. The molecule has 0 radical (unpaired) electrons. The maximum atomic E-state index is 6.13. The highest BCUT2D eigenvalue weighted by Gasteiger charge is 2.23. The Morgan fingerprint density at radius 3 is 2.86 bits per heavy atom. The summed E-state index contributed by atoms with van der Waals surface area (Å²) in [6, 6.07) is 10.5. The maximum absolute atomic E-state index is 6.13. The van der Waals surface area contributed by atoms with E-state index in [1.54, 1.807) is 0 Å². The number of guanidine groups is 1. The lowest BCUT2D eigenvalue weighted by molar-refractivity contribution is 0.435. The Hall–Kier alpha value is -2.21. The van der Waals surface area contributed by atoms with Crippen LogP contribution in [0.2, 0.25) is 5.02 Å². The fourth-order valence-corrected chi connectivity index (χ4v) is 3.85. The number of benzene rings is 1. The van der Waals surface area contributed by atoms with Crippen LogP contribution < -0.4 is 15.5 Å². The molecule has 2 aromatic rings. The molecule has 0 bridgehead atoms. The number of halogens is 1. The molecule has 1 saturated heterocycles. The molecule has 0 amide bonds. The van der Waals surface area contributed by atoms with E-state index in [1.807, 2.05) is 32.2 Å². The lowest BCUT2D eigenvalue weighted by atomic mass is 10.2. The average molecular weight is 403 g/mol. The number of nitrogens with one attached hydrogen (secondary N) is 2. The van der Waals surface area contributed by atoms with Crippen molar-refractivity contribution in [3.05, 3.63) is 46.7 Å². The number of aryl methyl sites for hydroxylation is 2. The first-order valence-corrected chi connectivity index (χ1v) is 10.3. The standard InChI is InChI=1S/C21H31ClN6/c1-15(13-28-17(3)10-16(2)26-28)12-24-21(23-4)25-19-8-9-27(14-19)20-7-5-6-18(22)11-20/h5-7,10-11,15,19H,8-9,12-14H2,1-4H3,(H2,23,24,25). The van der Waals surface area contributed by atoms with Crippen LogP contribution in [0.4, 0.5) is 5.69 Å². The Kier molecular flexibility index (Phi) is 6.83. The summed E-state index contributed by atoms with van der Waals surface area (Å²) in [5, 5.41) is 12.4. The number of nitrogens with zero attached hydrogens (tertiary/aromatic N) is 4. The van der Waals surface area contributed by atoms with Gasteiger partial charge in [-0.05, 0) is 50.5 Å². The highest BCUT2D eigenvalue weighted by molar-refractivity contribution is 6.30. The Morgan fingerprint density at radius 2 is 2.18 bits per heavy atom. The SMILES string of the molecule is CN=C(NCC(C)Cn1nc(C)cc1C)NC1CCN(c2cccc(Cl)c2)C1. The number of hydrogen-bond acceptors (Lipinski definition) is 3. The summed E-state index contributed by atoms with van der Waals surface area (Å²) in [7, 11) is 1.82. The molecule has 1 aliphatic heterocycles. The zero-order chi connectivity index (χ0) is 20.1. The van der Waals surface area contributed by atoms with E-state index in [0.29, 0.717) is 12.0 Å². The molecule has 7 heteroatoms. The molecule has 1 aromatic carbocycles. The molecule has 2 N–H and O–H groups in total. The van der Waals surface area contributed by atoms with Crippen LogP contribution in [0.25, 0.3) is 0 Å². The second-order valence-corrected chi connectivity index (χ2v) is 8.16. The Bertz CT molecular complexity index is 815. The van der Waals surface area contributed by atoms with Gasteiger partial charge in [0.05, 0.1) is 5.69 Å². The third-order valence-corrected chi connectivity index (χ3v) is 5.37. The van der Waals surface area contributed by atoms with E-state index in [4.69, 9.17) is 11.6 Å². The summed E-state index contributed by atoms with van der Waals surface area (Å²) in [6.07, 6.45) is 1.08. The molecule has 2 heterocycles. The van der Waals surface area contributed by atoms with E-state index in [0.717, 1.165) is 49.3 Å². The Labute approximate surface area is 173 Å². The molecule has 1 aliphatic rings. The van der Waals surface area contributed by atoms with Gasteiger partial charge in [0.15, 0.2) is 5.96 Å². The van der Waals surface area contributed by atoms with E-state index in [9.17, 15) is 0 Å². The smallest absolute Gasteiger partial charge is 0.191 e. The fraction of sp³-hybridized carbons (Fsp3) is 0.524. The van der Waals surface area contributed by atoms with E-state index in [2.05, 4.69) is 56.3 Å². The highest BCUT2D eigenvalue weighted by atomic mass is 35.5. The van der Waals surface area contributed by atoms with Crippen molar-refractivity contribution in [3.8, 4) is 0 Å². The van der Waals surface area contributed by atoms with Crippen LogP contribution in [0.15, 0.2) is 35.3 Å². The molecule has 2 atom stereocenters. The van der Waals surface area contributed by atoms with Gasteiger partial charge in [0.25, 0.3) is 0 Å². The first-order chi connectivity index (χ1) is 13.4. The summed E-state index contributed by atoms with van der Waals surface area (Å²) >= 11 is 6.13. The van der Waals surface area contributed by atoms with Gasteiger partial charge in [-0.2, -0.15) is 5.10 Å². The summed E-state index contributed by atoms with van der Waals surface area (Å²) < 4.78 is 2.08. The molecule has 1 fully saturated rings. The predicted molar refractivity (Wildman–Crippen MR) is 117 cm³/mol. The molecule has 6 nitrogen and oxygen atoms in total. The number of aromatic nitrogens is 2. The largest absolute Gasteiger partial charge is 0.369 e. The Balaban J connectivity index is 1.46. The summed E-state index contributed by atoms with van der Waals surface area (Å²) in [5.41, 5.74) is 3.46. The number of anilines is 1. The first kappa shape index (κ1) is 20.5. The van der Waals surface area contributed by atoms with Gasteiger partial charge in [-0.1, -0.05) is 24.6 Å². The van der Waals surface area contributed by atoms with Crippen LogP contribution in [-0.2, 0) is 6.54 Å². The second kappa shape index (κ2) is 9.32. The van der Waals surface area contributed by atoms with Crippen LogP contribution >= 0.6 is 11.6 Å². The van der Waals surface area contributed by atoms with Crippen LogP contribution in [-0.4, -0.2) is 48.5 Å². The molecular formula is C21H31ClN6. The van der Waals surface area contributed by atoms with Gasteiger partial charge in [0.1, 0.15) is 0 Å². The van der Waals surface area contributed by atoms with E-state index < -0.39 is 0 Å². The van der Waals surface area contributed by atoms with Crippen LogP contribution in [0, 0.1) is 19.8 Å². The predicted octanol–water partition coefficient (Wildman–Crippen LogP) is 3.23. The minimum absolute atomic E-state index is 0.372. The van der Waals surface area contributed by atoms with Gasteiger partial charge in [-0.25, -0.2) is 0 Å². The van der Waals surface area contributed by atoms with Crippen molar-refractivity contribution >= 4 is 23.2 Å². The van der Waals surface area contributed by atoms with Gasteiger partial charge in [0, 0.05) is 55.7 Å². The van der Waals surface area contributed by atoms with Crippen LogP contribution in [0.1, 0.15) is 24.7 Å². The van der Waals surface area contributed by atoms with Crippen molar-refractivity contribution < 1.29 is 0 Å².